The summed E-state index contributed by atoms with van der Waals surface area (Å²) >= 11 is 0. The van der Waals surface area contributed by atoms with Crippen LogP contribution in [0.25, 0.3) is 0 Å². The van der Waals surface area contributed by atoms with Crippen molar-refractivity contribution < 1.29 is 0 Å². The lowest BCUT2D eigenvalue weighted by atomic mass is 8.51. The molecule has 0 saturated heterocycles. The number of hydrogen-bond acceptors (Lipinski definition) is 0. The first-order chi connectivity index (χ1) is 10.8. The molecule has 0 amide bonds. The van der Waals surface area contributed by atoms with Gasteiger partial charge in [0.25, 0.3) is 0 Å². The molecule has 0 unspecified atom stereocenters. The summed E-state index contributed by atoms with van der Waals surface area (Å²) in [5.41, 5.74) is -0.713. The molecule has 0 aliphatic heterocycles. The molecule has 0 aromatic rings. The molecule has 0 atom stereocenters. The van der Waals surface area contributed by atoms with Gasteiger partial charge in [0, 0.05) is 165 Å². The summed E-state index contributed by atoms with van der Waals surface area (Å²) in [5, 5.41) is 0. The Morgan fingerprint density at radius 3 is 0.750 bits per heavy atom. The van der Waals surface area contributed by atoms with Gasteiger partial charge >= 0.3 is 0 Å². The molecule has 0 aliphatic rings. The molecule has 23 heteroatoms. The molecule has 0 nitrogen and oxygen atoms in total. The first-order valence-electron chi connectivity index (χ1n) is 7.67. The van der Waals surface area contributed by atoms with Gasteiger partial charge in [0.15, 0.2) is 0 Å². The van der Waals surface area contributed by atoms with Gasteiger partial charge in [-0.1, -0.05) is 0 Å². The Bertz CT molecular complexity index is 291. The topological polar surface area (TPSA) is 0 Å². The van der Waals surface area contributed by atoms with E-state index in [4.69, 9.17) is 101 Å². The fourth-order valence-electron chi connectivity index (χ4n) is 3.34. The van der Waals surface area contributed by atoms with Crippen LogP contribution in [0.15, 0.2) is 0 Å². The molecule has 74 valence electrons. The highest BCUT2D eigenvalue weighted by Gasteiger charge is 2.46. The van der Waals surface area contributed by atoms with Gasteiger partial charge in [0.05, 0.1) is 0 Å². The van der Waals surface area contributed by atoms with E-state index in [1.165, 1.54) is 0 Å². The minimum Gasteiger partial charge on any atom is -0.146 e. The van der Waals surface area contributed by atoms with Gasteiger partial charge in [-0.15, -0.1) is 5.62 Å². The third-order valence-corrected chi connectivity index (χ3v) is 4.44. The minimum atomic E-state index is -0.973. The van der Waals surface area contributed by atoms with E-state index in [-0.39, 0.29) is 0 Å². The fraction of sp³-hybridized carbons (Fsp3) is 1.00. The summed E-state index contributed by atoms with van der Waals surface area (Å²) in [7, 11) is 76.2. The van der Waals surface area contributed by atoms with E-state index in [9.17, 15) is 0 Å². The van der Waals surface area contributed by atoms with Crippen LogP contribution in [0.3, 0.4) is 0 Å². The van der Waals surface area contributed by atoms with Crippen molar-refractivity contribution in [1.82, 2.24) is 0 Å². The van der Waals surface area contributed by atoms with Crippen molar-refractivity contribution >= 4 is 165 Å². The van der Waals surface area contributed by atoms with E-state index in [0.29, 0.717) is 0 Å². The van der Waals surface area contributed by atoms with Gasteiger partial charge in [-0.2, -0.15) is 0 Å². The zero-order valence-electron chi connectivity index (χ0n) is 13.9. The highest BCUT2D eigenvalue weighted by molar-refractivity contribution is 7.98. The molecule has 0 aromatic carbocycles. The van der Waals surface area contributed by atoms with Crippen LogP contribution in [-0.4, -0.2) is 165 Å². The van der Waals surface area contributed by atoms with Gasteiger partial charge < -0.3 is 0 Å². The molecule has 0 aromatic heterocycles. The van der Waals surface area contributed by atoms with Crippen LogP contribution in [0.2, 0.25) is 5.62 Å². The molecule has 0 bridgehead atoms. The van der Waals surface area contributed by atoms with Crippen molar-refractivity contribution in [3.05, 3.63) is 0 Å². The smallest absolute Gasteiger partial charge is 0.0294 e. The second kappa shape index (κ2) is 11.4. The summed E-state index contributed by atoms with van der Waals surface area (Å²) in [6.45, 7) is -2.24. The molecule has 0 saturated carbocycles. The van der Waals surface area contributed by atoms with E-state index in [0.717, 1.165) is 0 Å². The zero-order valence-corrected chi connectivity index (χ0v) is 13.9. The van der Waals surface area contributed by atoms with Crippen LogP contribution in [0, 0.1) is 0 Å². The normalized spacial score (nSPS) is 9.71. The second-order valence-corrected chi connectivity index (χ2v) is 6.35. The van der Waals surface area contributed by atoms with Crippen LogP contribution in [-0.2, 0) is 0 Å². The van der Waals surface area contributed by atoms with E-state index in [2.05, 4.69) is 0 Å². The first kappa shape index (κ1) is 25.5. The van der Waals surface area contributed by atoms with E-state index < -0.39 is 69.8 Å². The average Bonchev–Trinajstić information content (AvgIpc) is 2.35. The standard InChI is InChI=1S/CHB23/c2-18(3)15(19(4)5)1(16(20(6)7)21(8)9)17(22(10)11)24(14)23(12)13/h1H. The Labute approximate surface area is 170 Å². The Morgan fingerprint density at radius 2 is 0.583 bits per heavy atom. The largest absolute Gasteiger partial charge is 0.146 e. The van der Waals surface area contributed by atoms with Gasteiger partial charge in [0.1, 0.15) is 0 Å². The van der Waals surface area contributed by atoms with Crippen molar-refractivity contribution in [2.24, 2.45) is 0 Å². The van der Waals surface area contributed by atoms with Crippen molar-refractivity contribution in [3.8, 4) is 0 Å². The second-order valence-electron chi connectivity index (χ2n) is 6.35. The Morgan fingerprint density at radius 1 is 0.333 bits per heavy atom. The fourth-order valence-corrected chi connectivity index (χ4v) is 3.34. The molecule has 0 rings (SSSR count). The monoisotopic (exact) mass is 266 g/mol. The maximum Gasteiger partial charge on any atom is 0.0294 e. The number of rotatable bonds is 10. The summed E-state index contributed by atoms with van der Waals surface area (Å²) < 4.78 is 0. The molecule has 0 aliphatic carbocycles. The molecule has 24 heavy (non-hydrogen) atoms. The molecular formula is CHB23. The SMILES string of the molecule is [B]B([B])B([B])B(B([B])[B])C(B(B([B])[B])B([B])[B])B(B([B])[B])B([B])[B]. The predicted molar refractivity (Wildman–Crippen MR) is 136 cm³/mol. The molecule has 26 radical (unpaired) electrons. The predicted octanol–water partition coefficient (Wildman–Crippen LogP) is -8.42. The van der Waals surface area contributed by atoms with Crippen LogP contribution in [0.4, 0.5) is 0 Å². The molecule has 0 N–H and O–H groups in total. The van der Waals surface area contributed by atoms with Gasteiger partial charge in [0.2, 0.25) is 0 Å². The summed E-state index contributed by atoms with van der Waals surface area (Å²) in [5.74, 6) is 0. The van der Waals surface area contributed by atoms with Crippen molar-refractivity contribution in [3.63, 3.8) is 0 Å². The lowest BCUT2D eigenvalue weighted by molar-refractivity contribution is 1.80. The van der Waals surface area contributed by atoms with E-state index >= 15 is 0 Å². The molecule has 0 spiro atoms. The van der Waals surface area contributed by atoms with Crippen molar-refractivity contribution in [2.45, 2.75) is 5.62 Å². The highest BCUT2D eigenvalue weighted by atomic mass is 13.6. The van der Waals surface area contributed by atoms with E-state index in [1.54, 1.807) is 0 Å². The van der Waals surface area contributed by atoms with Crippen LogP contribution >= 0.6 is 0 Å². The quantitative estimate of drug-likeness (QED) is 0.343. The van der Waals surface area contributed by atoms with Crippen molar-refractivity contribution in [2.75, 3.05) is 0 Å². The number of hydrogen-bond donors (Lipinski definition) is 0. The van der Waals surface area contributed by atoms with Gasteiger partial charge in [-0.05, 0) is 0 Å². The third-order valence-electron chi connectivity index (χ3n) is 4.44. The Balaban J connectivity index is 6.24. The molecule has 0 fully saturated rings. The lowest BCUT2D eigenvalue weighted by Crippen LogP contribution is -2.75. The maximum atomic E-state index is 6.10. The maximum absolute atomic E-state index is 6.10. The third kappa shape index (κ3) is 6.90. The van der Waals surface area contributed by atoms with E-state index in [1.807, 2.05) is 0 Å². The van der Waals surface area contributed by atoms with Crippen LogP contribution in [0.5, 0.6) is 0 Å². The average molecular weight is 262 g/mol. The summed E-state index contributed by atoms with van der Waals surface area (Å²) in [6.07, 6.45) is -6.61. The van der Waals surface area contributed by atoms with Gasteiger partial charge in [-0.3, -0.25) is 0 Å². The van der Waals surface area contributed by atoms with Crippen LogP contribution in [0.1, 0.15) is 0 Å². The van der Waals surface area contributed by atoms with Crippen molar-refractivity contribution in [1.29, 1.82) is 0 Å². The molecular weight excluding hydrogens is 261 g/mol. The van der Waals surface area contributed by atoms with Gasteiger partial charge in [-0.25, -0.2) is 0 Å². The minimum absolute atomic E-state index is 0.713. The highest BCUT2D eigenvalue weighted by Crippen LogP contribution is 2.23. The molecule has 0 heterocycles. The lowest BCUT2D eigenvalue weighted by Gasteiger charge is -2.48. The first-order valence-corrected chi connectivity index (χ1v) is 7.67. The summed E-state index contributed by atoms with van der Waals surface area (Å²) in [6, 6.07) is 0. The zero-order chi connectivity index (χ0) is 19.4. The Hall–Kier alpha value is 1.49. The summed E-state index contributed by atoms with van der Waals surface area (Å²) in [4.78, 5) is 0. The Kier molecular flexibility index (Phi) is 12.1. The van der Waals surface area contributed by atoms with Crippen LogP contribution < -0.4 is 0 Å².